The fourth-order valence-corrected chi connectivity index (χ4v) is 2.98. The molecule has 26 heavy (non-hydrogen) atoms. The second kappa shape index (κ2) is 8.11. The third kappa shape index (κ3) is 4.46. The predicted octanol–water partition coefficient (Wildman–Crippen LogP) is 2.16. The minimum Gasteiger partial charge on any atom is -0.489 e. The minimum absolute atomic E-state index is 0.0884. The van der Waals surface area contributed by atoms with Crippen LogP contribution in [0.1, 0.15) is 0 Å². The molecule has 2 aromatic rings. The van der Waals surface area contributed by atoms with Crippen molar-refractivity contribution in [3.63, 3.8) is 0 Å². The third-order valence-corrected chi connectivity index (χ3v) is 5.07. The normalized spacial score (nSPS) is 11.2. The Labute approximate surface area is 150 Å². The Morgan fingerprint density at radius 1 is 1.27 bits per heavy atom. The zero-order chi connectivity index (χ0) is 19.3. The van der Waals surface area contributed by atoms with Crippen molar-refractivity contribution in [1.29, 1.82) is 0 Å². The van der Waals surface area contributed by atoms with Crippen LogP contribution in [0.3, 0.4) is 0 Å². The van der Waals surface area contributed by atoms with Crippen LogP contribution in [0.5, 0.6) is 5.75 Å². The summed E-state index contributed by atoms with van der Waals surface area (Å²) in [5.41, 5.74) is -0.128. The number of nitro benzene ring substituents is 1. The largest absolute Gasteiger partial charge is 0.489 e. The fourth-order valence-electron chi connectivity index (χ4n) is 2.23. The molecule has 0 aliphatic rings. The highest BCUT2D eigenvalue weighted by molar-refractivity contribution is 7.89. The van der Waals surface area contributed by atoms with Crippen LogP contribution in [0.25, 0.3) is 0 Å². The molecule has 0 saturated carbocycles. The lowest BCUT2D eigenvalue weighted by atomic mass is 10.2. The van der Waals surface area contributed by atoms with Gasteiger partial charge in [0, 0.05) is 13.1 Å². The van der Waals surface area contributed by atoms with Gasteiger partial charge in [0.2, 0.25) is 10.0 Å². The summed E-state index contributed by atoms with van der Waals surface area (Å²) >= 11 is 0. The van der Waals surface area contributed by atoms with Crippen LogP contribution in [-0.2, 0) is 10.0 Å². The summed E-state index contributed by atoms with van der Waals surface area (Å²) in [5, 5.41) is 11.3. The van der Waals surface area contributed by atoms with Gasteiger partial charge in [0.15, 0.2) is 11.6 Å². The summed E-state index contributed by atoms with van der Waals surface area (Å²) in [6, 6.07) is 9.55. The number of ether oxygens (including phenoxy) is 1. The Morgan fingerprint density at radius 2 is 1.96 bits per heavy atom. The van der Waals surface area contributed by atoms with E-state index in [1.165, 1.54) is 36.2 Å². The van der Waals surface area contributed by atoms with Gasteiger partial charge in [-0.2, -0.15) is 0 Å². The van der Waals surface area contributed by atoms with E-state index in [0.717, 1.165) is 6.07 Å². The van der Waals surface area contributed by atoms with Crippen molar-refractivity contribution < 1.29 is 22.5 Å². The molecule has 140 valence electrons. The number of likely N-dealkylation sites (N-methyl/N-ethyl adjacent to an activating group) is 1. The van der Waals surface area contributed by atoms with Crippen LogP contribution >= 0.6 is 0 Å². The van der Waals surface area contributed by atoms with E-state index < -0.39 is 20.8 Å². The van der Waals surface area contributed by atoms with Crippen molar-refractivity contribution in [3.8, 4) is 5.75 Å². The maximum atomic E-state index is 13.5. The molecule has 1 N–H and O–H groups in total. The molecule has 0 aromatic heterocycles. The number of benzene rings is 2. The number of nitrogens with one attached hydrogen (secondary N) is 1. The van der Waals surface area contributed by atoms with Gasteiger partial charge in [-0.3, -0.25) is 10.1 Å². The van der Waals surface area contributed by atoms with Gasteiger partial charge in [-0.1, -0.05) is 12.1 Å². The number of anilines is 1. The minimum atomic E-state index is -3.79. The average Bonchev–Trinajstić information content (AvgIpc) is 2.62. The monoisotopic (exact) mass is 383 g/mol. The van der Waals surface area contributed by atoms with Gasteiger partial charge < -0.3 is 9.64 Å². The van der Waals surface area contributed by atoms with Gasteiger partial charge in [0.25, 0.3) is 5.69 Å². The number of hydrogen-bond donors (Lipinski definition) is 1. The van der Waals surface area contributed by atoms with Crippen LogP contribution in [-0.4, -0.2) is 40.6 Å². The van der Waals surface area contributed by atoms with E-state index in [1.54, 1.807) is 19.2 Å². The number of para-hydroxylation sites is 1. The molecule has 2 aromatic carbocycles. The summed E-state index contributed by atoms with van der Waals surface area (Å²) in [4.78, 5) is 12.0. The van der Waals surface area contributed by atoms with Crippen molar-refractivity contribution in [1.82, 2.24) is 4.72 Å². The van der Waals surface area contributed by atoms with E-state index >= 15 is 0 Å². The van der Waals surface area contributed by atoms with E-state index in [0.29, 0.717) is 0 Å². The molecule has 0 bridgehead atoms. The number of nitrogens with zero attached hydrogens (tertiary/aromatic N) is 2. The number of rotatable bonds is 8. The van der Waals surface area contributed by atoms with E-state index in [1.807, 2.05) is 0 Å². The quantitative estimate of drug-likeness (QED) is 0.554. The van der Waals surface area contributed by atoms with Gasteiger partial charge in [-0.15, -0.1) is 0 Å². The first kappa shape index (κ1) is 19.6. The van der Waals surface area contributed by atoms with Gasteiger partial charge in [0.1, 0.15) is 12.3 Å². The highest BCUT2D eigenvalue weighted by atomic mass is 32.2. The van der Waals surface area contributed by atoms with E-state index in [9.17, 15) is 22.9 Å². The van der Waals surface area contributed by atoms with Crippen molar-refractivity contribution in [2.24, 2.45) is 0 Å². The second-order valence-corrected chi connectivity index (χ2v) is 7.20. The highest BCUT2D eigenvalue weighted by Gasteiger charge is 2.22. The lowest BCUT2D eigenvalue weighted by molar-refractivity contribution is -0.384. The Kier molecular flexibility index (Phi) is 6.11. The maximum absolute atomic E-state index is 13.5. The SMILES string of the molecule is CNS(=O)(=O)c1ccc(N(C)CCOc2ccccc2F)c([N+](=O)[O-])c1. The van der Waals surface area contributed by atoms with E-state index in [-0.39, 0.29) is 35.2 Å². The Hall–Kier alpha value is -2.72. The summed E-state index contributed by atoms with van der Waals surface area (Å²) in [7, 11) is -0.974. The Morgan fingerprint density at radius 3 is 2.58 bits per heavy atom. The molecular formula is C16H18FN3O5S. The molecule has 8 nitrogen and oxygen atoms in total. The van der Waals surface area contributed by atoms with Crippen LogP contribution in [0, 0.1) is 15.9 Å². The van der Waals surface area contributed by atoms with Crippen molar-refractivity contribution in [3.05, 3.63) is 58.4 Å². The van der Waals surface area contributed by atoms with Crippen molar-refractivity contribution in [2.45, 2.75) is 4.90 Å². The fraction of sp³-hybridized carbons (Fsp3) is 0.250. The molecule has 0 saturated heterocycles. The number of sulfonamides is 1. The molecule has 0 heterocycles. The zero-order valence-electron chi connectivity index (χ0n) is 14.2. The first-order valence-electron chi connectivity index (χ1n) is 7.56. The summed E-state index contributed by atoms with van der Waals surface area (Å²) in [5.74, 6) is -0.409. The topological polar surface area (TPSA) is 102 Å². The molecule has 0 amide bonds. The van der Waals surface area contributed by atoms with Gasteiger partial charge in [0.05, 0.1) is 16.4 Å². The molecule has 0 aliphatic carbocycles. The van der Waals surface area contributed by atoms with Crippen molar-refractivity contribution >= 4 is 21.4 Å². The number of halogens is 1. The summed E-state index contributed by atoms with van der Waals surface area (Å²) in [6.07, 6.45) is 0. The molecular weight excluding hydrogens is 365 g/mol. The van der Waals surface area contributed by atoms with E-state index in [2.05, 4.69) is 4.72 Å². The van der Waals surface area contributed by atoms with Crippen LogP contribution in [0.4, 0.5) is 15.8 Å². The average molecular weight is 383 g/mol. The first-order chi connectivity index (χ1) is 12.3. The lowest BCUT2D eigenvalue weighted by Crippen LogP contribution is -2.25. The van der Waals surface area contributed by atoms with Crippen LogP contribution < -0.4 is 14.4 Å². The first-order valence-corrected chi connectivity index (χ1v) is 9.05. The molecule has 2 rings (SSSR count). The molecule has 0 spiro atoms. The summed E-state index contributed by atoms with van der Waals surface area (Å²) < 4.78 is 44.6. The standard InChI is InChI=1S/C16H18FN3O5S/c1-18-26(23,24)12-7-8-14(15(11-12)20(21)22)19(2)9-10-25-16-6-4-3-5-13(16)17/h3-8,11,18H,9-10H2,1-2H3. The Bertz CT molecular complexity index is 905. The molecule has 0 radical (unpaired) electrons. The lowest BCUT2D eigenvalue weighted by Gasteiger charge is -2.20. The zero-order valence-corrected chi connectivity index (χ0v) is 15.0. The molecule has 0 aliphatic heterocycles. The second-order valence-electron chi connectivity index (χ2n) is 5.32. The molecule has 0 atom stereocenters. The van der Waals surface area contributed by atoms with Gasteiger partial charge in [-0.05, 0) is 31.3 Å². The third-order valence-electron chi connectivity index (χ3n) is 3.65. The number of hydrogen-bond acceptors (Lipinski definition) is 6. The van der Waals surface area contributed by atoms with Gasteiger partial charge >= 0.3 is 0 Å². The smallest absolute Gasteiger partial charge is 0.293 e. The molecule has 10 heteroatoms. The summed E-state index contributed by atoms with van der Waals surface area (Å²) in [6.45, 7) is 0.318. The van der Waals surface area contributed by atoms with Crippen LogP contribution in [0.15, 0.2) is 47.4 Å². The molecule has 0 unspecified atom stereocenters. The van der Waals surface area contributed by atoms with E-state index in [4.69, 9.17) is 4.74 Å². The maximum Gasteiger partial charge on any atom is 0.293 e. The van der Waals surface area contributed by atoms with Crippen molar-refractivity contribution in [2.75, 3.05) is 32.1 Å². The predicted molar refractivity (Wildman–Crippen MR) is 94.5 cm³/mol. The Balaban J connectivity index is 2.16. The van der Waals surface area contributed by atoms with Crippen LogP contribution in [0.2, 0.25) is 0 Å². The molecule has 0 fully saturated rings. The van der Waals surface area contributed by atoms with Gasteiger partial charge in [-0.25, -0.2) is 17.5 Å². The number of nitro groups is 1. The highest BCUT2D eigenvalue weighted by Crippen LogP contribution is 2.30.